The van der Waals surface area contributed by atoms with Crippen molar-refractivity contribution >= 4 is 22.5 Å². The summed E-state index contributed by atoms with van der Waals surface area (Å²) in [6, 6.07) is 12.5. The number of para-hydroxylation sites is 1. The molecule has 0 spiro atoms. The molecular weight excluding hydrogens is 309 g/mol. The van der Waals surface area contributed by atoms with Crippen LogP contribution in [0.15, 0.2) is 58.8 Å². The van der Waals surface area contributed by atoms with E-state index in [1.165, 1.54) is 28.8 Å². The van der Waals surface area contributed by atoms with Gasteiger partial charge in [0.1, 0.15) is 5.82 Å². The molecule has 3 aromatic rings. The summed E-state index contributed by atoms with van der Waals surface area (Å²) in [5, 5.41) is 18.3. The Bertz CT molecular complexity index is 999. The number of fused-ring (bicyclic) bond motifs is 1. The van der Waals surface area contributed by atoms with E-state index in [4.69, 9.17) is 6.42 Å². The minimum Gasteiger partial charge on any atom is -0.493 e. The Kier molecular flexibility index (Phi) is 4.08. The van der Waals surface area contributed by atoms with Crippen LogP contribution in [-0.4, -0.2) is 15.6 Å². The van der Waals surface area contributed by atoms with Gasteiger partial charge in [0.15, 0.2) is 5.69 Å². The molecule has 24 heavy (non-hydrogen) atoms. The first-order chi connectivity index (χ1) is 11.6. The van der Waals surface area contributed by atoms with E-state index in [1.54, 1.807) is 24.3 Å². The maximum atomic E-state index is 13.6. The van der Waals surface area contributed by atoms with Crippen LogP contribution in [0.4, 0.5) is 10.1 Å². The van der Waals surface area contributed by atoms with Gasteiger partial charge in [-0.3, -0.25) is 9.36 Å². The molecule has 1 heterocycles. The van der Waals surface area contributed by atoms with Gasteiger partial charge in [-0.05, 0) is 18.2 Å². The number of carbonyl (C=O) groups excluding carboxylic acids is 1. The Balaban J connectivity index is 2.05. The van der Waals surface area contributed by atoms with Crippen molar-refractivity contribution in [1.82, 2.24) is 4.57 Å². The van der Waals surface area contributed by atoms with E-state index >= 15 is 0 Å². The van der Waals surface area contributed by atoms with Crippen LogP contribution in [0, 0.1) is 18.2 Å². The fraction of sp³-hybridized carbons (Fsp3) is 0.0556. The number of hydrogen-bond donors (Lipinski definition) is 1. The Morgan fingerprint density at radius 3 is 2.67 bits per heavy atom. The van der Waals surface area contributed by atoms with Gasteiger partial charge in [-0.15, -0.1) is 16.7 Å². The normalized spacial score (nSPS) is 11.0. The average molecular weight is 321 g/mol. The number of hydrogen-bond acceptors (Lipinski definition) is 3. The molecule has 1 amide bonds. The van der Waals surface area contributed by atoms with Crippen molar-refractivity contribution in [2.24, 2.45) is 10.2 Å². The molecule has 0 aliphatic carbocycles. The van der Waals surface area contributed by atoms with E-state index in [-0.39, 0.29) is 23.7 Å². The van der Waals surface area contributed by atoms with Crippen molar-refractivity contribution in [2.75, 3.05) is 0 Å². The molecule has 3 rings (SSSR count). The SMILES string of the molecule is C#CCn1c(O)c(N=NC(=O)c2ccccc2F)c2ccccc21. The standard InChI is InChI=1S/C18H12FN3O2/c1-2-11-22-15-10-6-4-8-13(15)16(18(22)24)20-21-17(23)12-7-3-5-9-14(12)19/h1,3-10,24H,11H2. The van der Waals surface area contributed by atoms with Crippen LogP contribution in [0.2, 0.25) is 0 Å². The molecule has 6 heteroatoms. The lowest BCUT2D eigenvalue weighted by Crippen LogP contribution is -1.97. The summed E-state index contributed by atoms with van der Waals surface area (Å²) in [6.07, 6.45) is 5.31. The van der Waals surface area contributed by atoms with E-state index in [0.717, 1.165) is 0 Å². The summed E-state index contributed by atoms with van der Waals surface area (Å²) in [5.74, 6) is 0.735. The molecule has 0 aliphatic heterocycles. The van der Waals surface area contributed by atoms with Crippen LogP contribution in [0.25, 0.3) is 10.9 Å². The second kappa shape index (κ2) is 6.34. The van der Waals surface area contributed by atoms with Crippen molar-refractivity contribution in [1.29, 1.82) is 0 Å². The molecule has 1 aromatic heterocycles. The molecular formula is C18H12FN3O2. The molecule has 2 aromatic carbocycles. The third kappa shape index (κ3) is 2.63. The minimum absolute atomic E-state index is 0.116. The summed E-state index contributed by atoms with van der Waals surface area (Å²) in [6.45, 7) is 0.142. The summed E-state index contributed by atoms with van der Waals surface area (Å²) in [5.41, 5.74) is 0.596. The van der Waals surface area contributed by atoms with Crippen molar-refractivity contribution in [3.8, 4) is 18.2 Å². The van der Waals surface area contributed by atoms with Gasteiger partial charge in [0.05, 0.1) is 17.6 Å². The highest BCUT2D eigenvalue weighted by Crippen LogP contribution is 2.38. The minimum atomic E-state index is -0.832. The number of azo groups is 1. The van der Waals surface area contributed by atoms with Crippen LogP contribution < -0.4 is 0 Å². The number of carbonyl (C=O) groups is 1. The lowest BCUT2D eigenvalue weighted by atomic mass is 10.2. The van der Waals surface area contributed by atoms with Gasteiger partial charge < -0.3 is 5.11 Å². The van der Waals surface area contributed by atoms with Crippen molar-refractivity contribution < 1.29 is 14.3 Å². The Labute approximate surface area is 137 Å². The number of halogens is 1. The molecule has 0 saturated heterocycles. The fourth-order valence-corrected chi connectivity index (χ4v) is 2.41. The van der Waals surface area contributed by atoms with Crippen LogP contribution in [0.1, 0.15) is 10.4 Å². The number of benzene rings is 2. The Morgan fingerprint density at radius 1 is 1.21 bits per heavy atom. The second-order valence-corrected chi connectivity index (χ2v) is 4.96. The molecule has 0 aliphatic rings. The zero-order valence-corrected chi connectivity index (χ0v) is 12.5. The average Bonchev–Trinajstić information content (AvgIpc) is 2.86. The zero-order chi connectivity index (χ0) is 17.1. The van der Waals surface area contributed by atoms with Crippen LogP contribution >= 0.6 is 0 Å². The first-order valence-electron chi connectivity index (χ1n) is 7.07. The monoisotopic (exact) mass is 321 g/mol. The van der Waals surface area contributed by atoms with Crippen molar-refractivity contribution in [3.63, 3.8) is 0 Å². The van der Waals surface area contributed by atoms with Gasteiger partial charge in [-0.1, -0.05) is 36.3 Å². The fourth-order valence-electron chi connectivity index (χ4n) is 2.41. The number of aromatic nitrogens is 1. The Hall–Kier alpha value is -3.46. The molecule has 5 nitrogen and oxygen atoms in total. The highest BCUT2D eigenvalue weighted by molar-refractivity contribution is 5.97. The second-order valence-electron chi connectivity index (χ2n) is 4.96. The van der Waals surface area contributed by atoms with Crippen LogP contribution in [0.3, 0.4) is 0 Å². The van der Waals surface area contributed by atoms with Gasteiger partial charge in [0, 0.05) is 5.39 Å². The predicted molar refractivity (Wildman–Crippen MR) is 87.7 cm³/mol. The molecule has 0 bridgehead atoms. The third-order valence-electron chi connectivity index (χ3n) is 3.51. The number of nitrogens with zero attached hydrogens (tertiary/aromatic N) is 3. The van der Waals surface area contributed by atoms with E-state index in [1.807, 2.05) is 0 Å². The number of aromatic hydroxyl groups is 1. The van der Waals surface area contributed by atoms with E-state index in [2.05, 4.69) is 16.1 Å². The quantitative estimate of drug-likeness (QED) is 0.584. The molecule has 118 valence electrons. The first kappa shape index (κ1) is 15.4. The largest absolute Gasteiger partial charge is 0.493 e. The summed E-state index contributed by atoms with van der Waals surface area (Å²) < 4.78 is 15.1. The van der Waals surface area contributed by atoms with Crippen LogP contribution in [0.5, 0.6) is 5.88 Å². The summed E-state index contributed by atoms with van der Waals surface area (Å²) >= 11 is 0. The molecule has 1 N–H and O–H groups in total. The number of rotatable bonds is 3. The summed E-state index contributed by atoms with van der Waals surface area (Å²) in [7, 11) is 0. The lowest BCUT2D eigenvalue weighted by Gasteiger charge is -2.00. The number of terminal acetylenes is 1. The molecule has 0 atom stereocenters. The topological polar surface area (TPSA) is 66.9 Å². The third-order valence-corrected chi connectivity index (χ3v) is 3.51. The predicted octanol–water partition coefficient (Wildman–Crippen LogP) is 4.04. The van der Waals surface area contributed by atoms with Gasteiger partial charge in [0.25, 0.3) is 5.91 Å². The molecule has 0 saturated carbocycles. The van der Waals surface area contributed by atoms with E-state index < -0.39 is 11.7 Å². The van der Waals surface area contributed by atoms with Gasteiger partial charge in [0.2, 0.25) is 5.88 Å². The molecule has 0 radical (unpaired) electrons. The number of amides is 1. The van der Waals surface area contributed by atoms with E-state index in [9.17, 15) is 14.3 Å². The smallest absolute Gasteiger partial charge is 0.298 e. The van der Waals surface area contributed by atoms with Gasteiger partial charge in [-0.2, -0.15) is 0 Å². The van der Waals surface area contributed by atoms with Gasteiger partial charge >= 0.3 is 0 Å². The lowest BCUT2D eigenvalue weighted by molar-refractivity contribution is 0.0991. The molecule has 0 unspecified atom stereocenters. The van der Waals surface area contributed by atoms with Crippen molar-refractivity contribution in [3.05, 3.63) is 59.9 Å². The molecule has 0 fully saturated rings. The van der Waals surface area contributed by atoms with Gasteiger partial charge in [-0.25, -0.2) is 4.39 Å². The highest BCUT2D eigenvalue weighted by atomic mass is 19.1. The first-order valence-corrected chi connectivity index (χ1v) is 7.07. The maximum Gasteiger partial charge on any atom is 0.298 e. The van der Waals surface area contributed by atoms with E-state index in [0.29, 0.717) is 10.9 Å². The highest BCUT2D eigenvalue weighted by Gasteiger charge is 2.16. The van der Waals surface area contributed by atoms with Crippen molar-refractivity contribution in [2.45, 2.75) is 6.54 Å². The maximum absolute atomic E-state index is 13.6. The zero-order valence-electron chi connectivity index (χ0n) is 12.5. The Morgan fingerprint density at radius 2 is 1.92 bits per heavy atom. The van der Waals surface area contributed by atoms with Crippen LogP contribution in [-0.2, 0) is 6.54 Å². The summed E-state index contributed by atoms with van der Waals surface area (Å²) in [4.78, 5) is 12.0.